The van der Waals surface area contributed by atoms with E-state index in [1.54, 1.807) is 36.4 Å². The van der Waals surface area contributed by atoms with Crippen LogP contribution in [-0.4, -0.2) is 34.4 Å². The molecule has 134 valence electrons. The number of rotatable bonds is 5. The van der Waals surface area contributed by atoms with E-state index in [-0.39, 0.29) is 13.0 Å². The van der Waals surface area contributed by atoms with Crippen LogP contribution < -0.4 is 10.2 Å². The summed E-state index contributed by atoms with van der Waals surface area (Å²) in [4.78, 5) is 41.8. The van der Waals surface area contributed by atoms with Crippen LogP contribution in [0, 0.1) is 0 Å². The van der Waals surface area contributed by atoms with Crippen LogP contribution in [0.15, 0.2) is 54.9 Å². The largest absolute Gasteiger partial charge is 0.481 e. The first-order chi connectivity index (χ1) is 13.1. The van der Waals surface area contributed by atoms with Crippen LogP contribution in [0.2, 0.25) is 0 Å². The number of amides is 2. The van der Waals surface area contributed by atoms with Crippen molar-refractivity contribution in [3.05, 3.63) is 66.0 Å². The molecular weight excluding hydrogens is 346 g/mol. The Morgan fingerprint density at radius 1 is 1.00 bits per heavy atom. The Balaban J connectivity index is 1.82. The second kappa shape index (κ2) is 6.53. The van der Waals surface area contributed by atoms with Gasteiger partial charge in [-0.05, 0) is 30.3 Å². The summed E-state index contributed by atoms with van der Waals surface area (Å²) in [5.41, 5.74) is 2.02. The maximum Gasteiger partial charge on any atom is 0.305 e. The summed E-state index contributed by atoms with van der Waals surface area (Å²) in [7, 11) is 0. The Morgan fingerprint density at radius 2 is 1.70 bits per heavy atom. The molecule has 1 aliphatic rings. The lowest BCUT2D eigenvalue weighted by Gasteiger charge is -2.27. The minimum atomic E-state index is -0.899. The van der Waals surface area contributed by atoms with Gasteiger partial charge in [-0.15, -0.1) is 0 Å². The van der Waals surface area contributed by atoms with Gasteiger partial charge in [0.1, 0.15) is 0 Å². The number of aromatic nitrogens is 1. The predicted molar refractivity (Wildman–Crippen MR) is 100 cm³/mol. The van der Waals surface area contributed by atoms with E-state index in [9.17, 15) is 14.4 Å². The highest BCUT2D eigenvalue weighted by Crippen LogP contribution is 2.35. The number of aliphatic carboxylic acids is 1. The van der Waals surface area contributed by atoms with Crippen LogP contribution >= 0.6 is 0 Å². The van der Waals surface area contributed by atoms with E-state index in [1.807, 2.05) is 6.07 Å². The van der Waals surface area contributed by atoms with Crippen molar-refractivity contribution in [1.29, 1.82) is 0 Å². The molecule has 7 nitrogen and oxygen atoms in total. The molecule has 2 aromatic carbocycles. The predicted octanol–water partition coefficient (Wildman–Crippen LogP) is 2.92. The summed E-state index contributed by atoms with van der Waals surface area (Å²) < 4.78 is 0. The van der Waals surface area contributed by atoms with Crippen LogP contribution in [0.25, 0.3) is 10.8 Å². The second-order valence-corrected chi connectivity index (χ2v) is 6.11. The molecule has 0 spiro atoms. The Kier molecular flexibility index (Phi) is 4.04. The van der Waals surface area contributed by atoms with Gasteiger partial charge in [0, 0.05) is 46.5 Å². The molecule has 27 heavy (non-hydrogen) atoms. The molecular formula is C20H15N3O4. The van der Waals surface area contributed by atoms with Crippen LogP contribution in [0.3, 0.4) is 0 Å². The normalized spacial score (nSPS) is 13.1. The zero-order valence-electron chi connectivity index (χ0n) is 14.2. The third kappa shape index (κ3) is 2.79. The molecule has 0 aliphatic carbocycles. The fraction of sp³-hybridized carbons (Fsp3) is 0.100. The molecule has 0 fully saturated rings. The maximum atomic E-state index is 13.0. The fourth-order valence-electron chi connectivity index (χ4n) is 3.28. The zero-order chi connectivity index (χ0) is 19.0. The third-order valence-electron chi connectivity index (χ3n) is 4.48. The number of carboxylic acid groups (broad SMARTS) is 1. The first kappa shape index (κ1) is 16.7. The number of carbonyl (C=O) groups is 3. The van der Waals surface area contributed by atoms with Gasteiger partial charge in [-0.3, -0.25) is 19.4 Å². The van der Waals surface area contributed by atoms with Gasteiger partial charge < -0.3 is 10.4 Å². The van der Waals surface area contributed by atoms with Gasteiger partial charge in [-0.2, -0.15) is 0 Å². The highest BCUT2D eigenvalue weighted by Gasteiger charge is 2.34. The van der Waals surface area contributed by atoms with Crippen molar-refractivity contribution in [2.75, 3.05) is 16.8 Å². The van der Waals surface area contributed by atoms with Gasteiger partial charge >= 0.3 is 5.97 Å². The third-order valence-corrected chi connectivity index (χ3v) is 4.48. The van der Waals surface area contributed by atoms with Gasteiger partial charge in [0.25, 0.3) is 11.8 Å². The number of carboxylic acids is 1. The molecule has 2 N–H and O–H groups in total. The van der Waals surface area contributed by atoms with Crippen molar-refractivity contribution >= 4 is 39.9 Å². The van der Waals surface area contributed by atoms with E-state index in [4.69, 9.17) is 5.11 Å². The lowest BCUT2D eigenvalue weighted by atomic mass is 9.92. The molecule has 0 bridgehead atoms. The van der Waals surface area contributed by atoms with Crippen LogP contribution in [0.4, 0.5) is 11.4 Å². The van der Waals surface area contributed by atoms with E-state index in [1.165, 1.54) is 12.4 Å². The van der Waals surface area contributed by atoms with E-state index < -0.39 is 17.8 Å². The van der Waals surface area contributed by atoms with Crippen molar-refractivity contribution in [3.8, 4) is 0 Å². The lowest BCUT2D eigenvalue weighted by molar-refractivity contribution is -0.136. The number of benzene rings is 2. The smallest absolute Gasteiger partial charge is 0.305 e. The Labute approximate surface area is 154 Å². The molecule has 4 rings (SSSR count). The molecule has 1 aliphatic heterocycles. The van der Waals surface area contributed by atoms with Crippen molar-refractivity contribution < 1.29 is 19.5 Å². The number of hydrogen-bond donors (Lipinski definition) is 2. The highest BCUT2D eigenvalue weighted by molar-refractivity contribution is 6.36. The minimum absolute atomic E-state index is 0.0311. The number of anilines is 2. The topological polar surface area (TPSA) is 99.6 Å². The minimum Gasteiger partial charge on any atom is -0.481 e. The molecule has 7 heteroatoms. The Hall–Kier alpha value is -3.74. The number of nitrogens with one attached hydrogen (secondary N) is 1. The summed E-state index contributed by atoms with van der Waals surface area (Å²) in [6.45, 7) is 0.249. The molecule has 2 heterocycles. The van der Waals surface area contributed by atoms with E-state index >= 15 is 0 Å². The summed E-state index contributed by atoms with van der Waals surface area (Å²) >= 11 is 0. The van der Waals surface area contributed by atoms with Gasteiger partial charge in [-0.1, -0.05) is 12.1 Å². The number of pyridine rings is 1. The summed E-state index contributed by atoms with van der Waals surface area (Å²) in [5, 5.41) is 13.2. The Morgan fingerprint density at radius 3 is 2.41 bits per heavy atom. The first-order valence-corrected chi connectivity index (χ1v) is 8.38. The van der Waals surface area contributed by atoms with Gasteiger partial charge in [0.2, 0.25) is 0 Å². The average Bonchev–Trinajstić information content (AvgIpc) is 2.67. The zero-order valence-corrected chi connectivity index (χ0v) is 14.2. The molecule has 2 amide bonds. The summed E-state index contributed by atoms with van der Waals surface area (Å²) in [5.74, 6) is -1.69. The first-order valence-electron chi connectivity index (χ1n) is 8.38. The van der Waals surface area contributed by atoms with Crippen molar-refractivity contribution in [2.45, 2.75) is 6.42 Å². The van der Waals surface area contributed by atoms with Gasteiger partial charge in [0.05, 0.1) is 12.1 Å². The van der Waals surface area contributed by atoms with Crippen molar-refractivity contribution in [3.63, 3.8) is 0 Å². The number of nitrogens with zero attached hydrogens (tertiary/aromatic N) is 2. The van der Waals surface area contributed by atoms with E-state index in [2.05, 4.69) is 10.3 Å². The van der Waals surface area contributed by atoms with Crippen LogP contribution in [0.1, 0.15) is 27.1 Å². The quantitative estimate of drug-likeness (QED) is 0.678. The van der Waals surface area contributed by atoms with Crippen molar-refractivity contribution in [1.82, 2.24) is 4.98 Å². The Bertz CT molecular complexity index is 1060. The monoisotopic (exact) mass is 361 g/mol. The summed E-state index contributed by atoms with van der Waals surface area (Å²) in [6, 6.07) is 11.9. The van der Waals surface area contributed by atoms with Gasteiger partial charge in [-0.25, -0.2) is 4.90 Å². The maximum absolute atomic E-state index is 13.0. The van der Waals surface area contributed by atoms with Crippen LogP contribution in [-0.2, 0) is 4.79 Å². The van der Waals surface area contributed by atoms with Crippen LogP contribution in [0.5, 0.6) is 0 Å². The summed E-state index contributed by atoms with van der Waals surface area (Å²) in [6.07, 6.45) is 3.03. The average molecular weight is 361 g/mol. The fourth-order valence-corrected chi connectivity index (χ4v) is 3.28. The molecule has 3 aromatic rings. The molecule has 0 saturated heterocycles. The molecule has 0 unspecified atom stereocenters. The lowest BCUT2D eigenvalue weighted by Crippen LogP contribution is -2.40. The standard InChI is InChI=1S/C20H15N3O4/c24-17(25)8-11-22-16-5-4-15-18-13(16)2-1-3-14(18)19(26)23(20(15)27)12-6-9-21-10-7-12/h1-7,9-10,22H,8,11H2,(H,24,25). The van der Waals surface area contributed by atoms with Crippen molar-refractivity contribution in [2.24, 2.45) is 0 Å². The molecule has 0 saturated carbocycles. The molecule has 1 aromatic heterocycles. The number of carbonyl (C=O) groups excluding carboxylic acids is 2. The van der Waals surface area contributed by atoms with E-state index in [0.717, 1.165) is 4.90 Å². The SMILES string of the molecule is O=C(O)CCNc1ccc2c3c(cccc13)C(=O)N(c1ccncc1)C2=O. The molecule has 0 radical (unpaired) electrons. The second-order valence-electron chi connectivity index (χ2n) is 6.11. The van der Waals surface area contributed by atoms with E-state index in [0.29, 0.717) is 33.3 Å². The van der Waals surface area contributed by atoms with Gasteiger partial charge in [0.15, 0.2) is 0 Å². The number of imide groups is 1. The molecule has 0 atom stereocenters. The number of hydrogen-bond acceptors (Lipinski definition) is 5. The highest BCUT2D eigenvalue weighted by atomic mass is 16.4.